The molecule has 2 N–H and O–H groups in total. The molecule has 0 amide bonds. The first-order valence-corrected chi connectivity index (χ1v) is 8.24. The van der Waals surface area contributed by atoms with Gasteiger partial charge in [-0.3, -0.25) is 9.11 Å². The molecule has 0 radical (unpaired) electrons. The summed E-state index contributed by atoms with van der Waals surface area (Å²) in [7, 11) is -8.00. The van der Waals surface area contributed by atoms with Gasteiger partial charge in [0.15, 0.2) is 0 Å². The maximum atomic E-state index is 10.6. The summed E-state index contributed by atoms with van der Waals surface area (Å²) in [4.78, 5) is 0. The summed E-state index contributed by atoms with van der Waals surface area (Å²) in [6, 6.07) is 0. The van der Waals surface area contributed by atoms with Crippen molar-refractivity contribution >= 4 is 20.2 Å². The molecule has 1 aliphatic rings. The minimum atomic E-state index is -4.00. The lowest BCUT2D eigenvalue weighted by atomic mass is 9.65. The standard InChI is InChI=1S/C8H16O6S2/c9-15(10,11)6-4-8(2-1-3-8)5-7-16(12,13)14/h1-7H2,(H,9,10,11)(H,12,13,14). The summed E-state index contributed by atoms with van der Waals surface area (Å²) in [5, 5.41) is 0. The Morgan fingerprint density at radius 1 is 0.875 bits per heavy atom. The van der Waals surface area contributed by atoms with E-state index in [0.717, 1.165) is 19.3 Å². The van der Waals surface area contributed by atoms with Crippen molar-refractivity contribution in [1.29, 1.82) is 0 Å². The molecular weight excluding hydrogens is 256 g/mol. The predicted octanol–water partition coefficient (Wildman–Crippen LogP) is 0.713. The van der Waals surface area contributed by atoms with Crippen LogP contribution in [0.1, 0.15) is 32.1 Å². The van der Waals surface area contributed by atoms with Crippen molar-refractivity contribution in [3.8, 4) is 0 Å². The molecular formula is C8H16O6S2. The lowest BCUT2D eigenvalue weighted by molar-refractivity contribution is 0.121. The zero-order valence-electron chi connectivity index (χ0n) is 8.79. The average Bonchev–Trinajstić information content (AvgIpc) is 1.97. The first kappa shape index (κ1) is 13.9. The van der Waals surface area contributed by atoms with Gasteiger partial charge in [0.05, 0.1) is 11.5 Å². The molecule has 0 aliphatic heterocycles. The quantitative estimate of drug-likeness (QED) is 0.689. The zero-order valence-corrected chi connectivity index (χ0v) is 10.4. The maximum absolute atomic E-state index is 10.6. The fourth-order valence-electron chi connectivity index (χ4n) is 1.99. The third kappa shape index (κ3) is 4.77. The van der Waals surface area contributed by atoms with Crippen LogP contribution in [0.3, 0.4) is 0 Å². The van der Waals surface area contributed by atoms with Gasteiger partial charge in [0.2, 0.25) is 0 Å². The van der Waals surface area contributed by atoms with E-state index in [9.17, 15) is 16.8 Å². The molecule has 0 aromatic heterocycles. The topological polar surface area (TPSA) is 109 Å². The molecule has 8 heteroatoms. The van der Waals surface area contributed by atoms with Gasteiger partial charge in [-0.05, 0) is 31.1 Å². The maximum Gasteiger partial charge on any atom is 0.264 e. The molecule has 6 nitrogen and oxygen atoms in total. The third-order valence-electron chi connectivity index (χ3n) is 3.19. The van der Waals surface area contributed by atoms with Gasteiger partial charge in [-0.15, -0.1) is 0 Å². The van der Waals surface area contributed by atoms with E-state index in [1.807, 2.05) is 0 Å². The Balaban J connectivity index is 2.51. The highest BCUT2D eigenvalue weighted by Gasteiger charge is 2.38. The summed E-state index contributed by atoms with van der Waals surface area (Å²) in [6.07, 6.45) is 2.93. The molecule has 0 aromatic carbocycles. The second-order valence-corrected chi connectivity index (χ2v) is 7.57. The van der Waals surface area contributed by atoms with Crippen molar-refractivity contribution in [2.45, 2.75) is 32.1 Å². The summed E-state index contributed by atoms with van der Waals surface area (Å²) < 4.78 is 59.7. The van der Waals surface area contributed by atoms with Gasteiger partial charge in [-0.2, -0.15) is 16.8 Å². The normalized spacial score (nSPS) is 20.4. The largest absolute Gasteiger partial charge is 0.286 e. The molecule has 1 aliphatic carbocycles. The second kappa shape index (κ2) is 4.59. The molecule has 0 unspecified atom stereocenters. The highest BCUT2D eigenvalue weighted by atomic mass is 32.2. The summed E-state index contributed by atoms with van der Waals surface area (Å²) >= 11 is 0. The summed E-state index contributed by atoms with van der Waals surface area (Å²) in [5.41, 5.74) is -0.342. The lowest BCUT2D eigenvalue weighted by Crippen LogP contribution is -2.33. The van der Waals surface area contributed by atoms with Crippen LogP contribution in [0.5, 0.6) is 0 Å². The Bertz CT molecular complexity index is 393. The fourth-order valence-corrected chi connectivity index (χ4v) is 3.37. The van der Waals surface area contributed by atoms with E-state index < -0.39 is 20.2 Å². The van der Waals surface area contributed by atoms with Crippen molar-refractivity contribution in [2.24, 2.45) is 5.41 Å². The molecule has 0 saturated heterocycles. The van der Waals surface area contributed by atoms with Crippen molar-refractivity contribution in [3.05, 3.63) is 0 Å². The molecule has 96 valence electrons. The average molecular weight is 272 g/mol. The van der Waals surface area contributed by atoms with Crippen LogP contribution in [0, 0.1) is 5.41 Å². The van der Waals surface area contributed by atoms with E-state index in [4.69, 9.17) is 9.11 Å². The van der Waals surface area contributed by atoms with Crippen LogP contribution in [-0.4, -0.2) is 37.4 Å². The van der Waals surface area contributed by atoms with Crippen molar-refractivity contribution in [2.75, 3.05) is 11.5 Å². The fraction of sp³-hybridized carbons (Fsp3) is 1.00. The van der Waals surface area contributed by atoms with Gasteiger partial charge >= 0.3 is 0 Å². The Kier molecular flexibility index (Phi) is 3.99. The minimum Gasteiger partial charge on any atom is -0.286 e. The molecule has 0 bridgehead atoms. The first-order valence-electron chi connectivity index (χ1n) is 5.02. The molecule has 1 saturated carbocycles. The Morgan fingerprint density at radius 3 is 1.44 bits per heavy atom. The van der Waals surface area contributed by atoms with Crippen molar-refractivity contribution in [3.63, 3.8) is 0 Å². The van der Waals surface area contributed by atoms with Crippen LogP contribution in [0.15, 0.2) is 0 Å². The Hall–Kier alpha value is -0.180. The Morgan fingerprint density at radius 2 is 1.25 bits per heavy atom. The van der Waals surface area contributed by atoms with Crippen LogP contribution in [0.4, 0.5) is 0 Å². The van der Waals surface area contributed by atoms with Crippen LogP contribution in [0.2, 0.25) is 0 Å². The van der Waals surface area contributed by atoms with Gasteiger partial charge in [-0.1, -0.05) is 6.42 Å². The molecule has 0 spiro atoms. The smallest absolute Gasteiger partial charge is 0.264 e. The van der Waals surface area contributed by atoms with Gasteiger partial charge in [-0.25, -0.2) is 0 Å². The predicted molar refractivity (Wildman–Crippen MR) is 58.3 cm³/mol. The van der Waals surface area contributed by atoms with Gasteiger partial charge in [0, 0.05) is 0 Å². The van der Waals surface area contributed by atoms with Crippen LogP contribution in [0.25, 0.3) is 0 Å². The van der Waals surface area contributed by atoms with E-state index in [0.29, 0.717) is 0 Å². The van der Waals surface area contributed by atoms with E-state index in [-0.39, 0.29) is 29.8 Å². The van der Waals surface area contributed by atoms with E-state index in [2.05, 4.69) is 0 Å². The van der Waals surface area contributed by atoms with Crippen LogP contribution >= 0.6 is 0 Å². The minimum absolute atomic E-state index is 0.251. The SMILES string of the molecule is O=S(=O)(O)CCC1(CCS(=O)(=O)O)CCC1. The molecule has 0 heterocycles. The first-order chi connectivity index (χ1) is 7.12. The monoisotopic (exact) mass is 272 g/mol. The van der Waals surface area contributed by atoms with Gasteiger partial charge in [0.1, 0.15) is 0 Å². The molecule has 16 heavy (non-hydrogen) atoms. The number of hydrogen-bond acceptors (Lipinski definition) is 4. The van der Waals surface area contributed by atoms with Crippen LogP contribution < -0.4 is 0 Å². The number of hydrogen-bond donors (Lipinski definition) is 2. The van der Waals surface area contributed by atoms with Crippen LogP contribution in [-0.2, 0) is 20.2 Å². The summed E-state index contributed by atoms with van der Waals surface area (Å²) in [5.74, 6) is -0.697. The molecule has 0 atom stereocenters. The zero-order chi connectivity index (χ0) is 12.4. The van der Waals surface area contributed by atoms with E-state index in [1.54, 1.807) is 0 Å². The van der Waals surface area contributed by atoms with Gasteiger partial charge < -0.3 is 0 Å². The Labute approximate surface area is 95.5 Å². The number of rotatable bonds is 6. The van der Waals surface area contributed by atoms with E-state index >= 15 is 0 Å². The summed E-state index contributed by atoms with van der Waals surface area (Å²) in [6.45, 7) is 0. The second-order valence-electron chi connectivity index (χ2n) is 4.43. The van der Waals surface area contributed by atoms with Gasteiger partial charge in [0.25, 0.3) is 20.2 Å². The highest BCUT2D eigenvalue weighted by Crippen LogP contribution is 2.47. The lowest BCUT2D eigenvalue weighted by Gasteiger charge is -2.41. The molecule has 1 rings (SSSR count). The van der Waals surface area contributed by atoms with Crippen molar-refractivity contribution < 1.29 is 25.9 Å². The molecule has 0 aromatic rings. The highest BCUT2D eigenvalue weighted by molar-refractivity contribution is 7.86. The van der Waals surface area contributed by atoms with Crippen molar-refractivity contribution in [1.82, 2.24) is 0 Å². The van der Waals surface area contributed by atoms with E-state index in [1.165, 1.54) is 0 Å². The molecule has 1 fully saturated rings. The third-order valence-corrected chi connectivity index (χ3v) is 4.63.